The number of hydrogen-bond acceptors (Lipinski definition) is 5. The van der Waals surface area contributed by atoms with Gasteiger partial charge in [-0.05, 0) is 49.6 Å². The second kappa shape index (κ2) is 10.9. The van der Waals surface area contributed by atoms with Crippen molar-refractivity contribution in [3.05, 3.63) is 112 Å². The van der Waals surface area contributed by atoms with Crippen molar-refractivity contribution in [2.45, 2.75) is 31.1 Å². The lowest BCUT2D eigenvalue weighted by Gasteiger charge is -2.25. The Labute approximate surface area is 211 Å². The molecule has 0 radical (unpaired) electrons. The first-order chi connectivity index (χ1) is 16.8. The molecule has 0 unspecified atom stereocenters. The van der Waals surface area contributed by atoms with Gasteiger partial charge in [-0.2, -0.15) is 0 Å². The van der Waals surface area contributed by atoms with E-state index in [0.29, 0.717) is 30.1 Å². The molecule has 4 aromatic rings. The largest absolute Gasteiger partial charge is 0.368 e. The number of nitrogen functional groups attached to an aromatic ring is 1. The van der Waals surface area contributed by atoms with Gasteiger partial charge in [0.05, 0.1) is 16.3 Å². The first kappa shape index (κ1) is 24.7. The maximum atomic E-state index is 13.6. The number of para-hydroxylation sites is 1. The van der Waals surface area contributed by atoms with E-state index < -0.39 is 10.0 Å². The summed E-state index contributed by atoms with van der Waals surface area (Å²) in [7, 11) is -3.75. The number of nitrogens with zero attached hydrogens (tertiary/aromatic N) is 3. The monoisotopic (exact) mass is 506 g/mol. The Hall–Kier alpha value is -3.42. The summed E-state index contributed by atoms with van der Waals surface area (Å²) in [5.41, 5.74) is 10.1. The predicted molar refractivity (Wildman–Crippen MR) is 141 cm³/mol. The first-order valence-electron chi connectivity index (χ1n) is 11.3. The second-order valence-electron chi connectivity index (χ2n) is 8.29. The van der Waals surface area contributed by atoms with Crippen LogP contribution < -0.4 is 10.0 Å². The zero-order chi connectivity index (χ0) is 24.8. The lowest BCUT2D eigenvalue weighted by Crippen LogP contribution is -2.32. The van der Waals surface area contributed by atoms with Gasteiger partial charge < -0.3 is 5.73 Å². The zero-order valence-electron chi connectivity index (χ0n) is 19.4. The molecular weight excluding hydrogens is 480 g/mol. The molecule has 0 aliphatic carbocycles. The summed E-state index contributed by atoms with van der Waals surface area (Å²) in [5.74, 6) is 0.123. The summed E-state index contributed by atoms with van der Waals surface area (Å²) in [6.45, 7) is 2.20. The molecule has 0 aliphatic rings. The molecule has 180 valence electrons. The van der Waals surface area contributed by atoms with E-state index in [1.165, 1.54) is 4.31 Å². The fraction of sp³-hybridized carbons (Fsp3) is 0.185. The topological polar surface area (TPSA) is 89.2 Å². The molecule has 0 fully saturated rings. The van der Waals surface area contributed by atoms with E-state index in [1.807, 2.05) is 55.5 Å². The highest BCUT2D eigenvalue weighted by Crippen LogP contribution is 2.26. The van der Waals surface area contributed by atoms with Crippen LogP contribution in [0.25, 0.3) is 0 Å². The van der Waals surface area contributed by atoms with Gasteiger partial charge in [0.15, 0.2) is 0 Å². The third-order valence-electron chi connectivity index (χ3n) is 5.72. The van der Waals surface area contributed by atoms with Crippen LogP contribution in [0.2, 0.25) is 5.15 Å². The van der Waals surface area contributed by atoms with Gasteiger partial charge in [0, 0.05) is 18.5 Å². The van der Waals surface area contributed by atoms with Crippen LogP contribution in [0, 0.1) is 6.92 Å². The SMILES string of the molecule is Cc1ccc(S(=O)(=O)N(CCCc2c(Cl)nc(N)nc2Cc2ccccc2)c2ccccc2)cc1. The smallest absolute Gasteiger partial charge is 0.264 e. The third-order valence-corrected chi connectivity index (χ3v) is 7.87. The number of aromatic nitrogens is 2. The normalized spacial score (nSPS) is 11.4. The molecule has 1 heterocycles. The molecule has 0 aliphatic heterocycles. The Kier molecular flexibility index (Phi) is 7.68. The summed E-state index contributed by atoms with van der Waals surface area (Å²) < 4.78 is 28.6. The van der Waals surface area contributed by atoms with Crippen molar-refractivity contribution in [2.75, 3.05) is 16.6 Å². The Morgan fingerprint density at radius 1 is 0.886 bits per heavy atom. The number of aryl methyl sites for hydroxylation is 1. The van der Waals surface area contributed by atoms with Gasteiger partial charge in [-0.3, -0.25) is 4.31 Å². The molecule has 0 amide bonds. The fourth-order valence-electron chi connectivity index (χ4n) is 3.92. The maximum Gasteiger partial charge on any atom is 0.264 e. The molecule has 0 spiro atoms. The summed E-state index contributed by atoms with van der Waals surface area (Å²) in [6.07, 6.45) is 1.59. The molecule has 35 heavy (non-hydrogen) atoms. The molecular formula is C27H27ClN4O2S. The number of benzene rings is 3. The predicted octanol–water partition coefficient (Wildman–Crippen LogP) is 5.44. The van der Waals surface area contributed by atoms with E-state index in [-0.39, 0.29) is 17.4 Å². The highest BCUT2D eigenvalue weighted by molar-refractivity contribution is 7.92. The highest BCUT2D eigenvalue weighted by Gasteiger charge is 2.25. The Balaban J connectivity index is 1.59. The standard InChI is InChI=1S/C27H27ClN4O2S/c1-20-14-16-23(17-15-20)35(33,34)32(22-11-6-3-7-12-22)18-8-13-24-25(30-27(29)31-26(24)28)19-21-9-4-2-5-10-21/h2-7,9-12,14-17H,8,13,18-19H2,1H3,(H2,29,30,31). The van der Waals surface area contributed by atoms with E-state index in [1.54, 1.807) is 36.4 Å². The van der Waals surface area contributed by atoms with Gasteiger partial charge >= 0.3 is 0 Å². The number of rotatable bonds is 9. The van der Waals surface area contributed by atoms with Crippen molar-refractivity contribution in [1.82, 2.24) is 9.97 Å². The molecule has 4 rings (SSSR count). The molecule has 3 aromatic carbocycles. The summed E-state index contributed by atoms with van der Waals surface area (Å²) >= 11 is 6.47. The minimum absolute atomic E-state index is 0.123. The lowest BCUT2D eigenvalue weighted by atomic mass is 10.0. The van der Waals surface area contributed by atoms with E-state index in [2.05, 4.69) is 9.97 Å². The van der Waals surface area contributed by atoms with Gasteiger partial charge in [-0.1, -0.05) is 77.8 Å². The number of anilines is 2. The summed E-state index contributed by atoms with van der Waals surface area (Å²) in [5, 5.41) is 0.302. The average molecular weight is 507 g/mol. The van der Waals surface area contributed by atoms with E-state index in [0.717, 1.165) is 22.4 Å². The van der Waals surface area contributed by atoms with Gasteiger partial charge in [0.25, 0.3) is 10.0 Å². The summed E-state index contributed by atoms with van der Waals surface area (Å²) in [4.78, 5) is 8.83. The Bertz CT molecular complexity index is 1380. The Morgan fingerprint density at radius 3 is 2.17 bits per heavy atom. The van der Waals surface area contributed by atoms with Crippen LogP contribution in [0.3, 0.4) is 0 Å². The highest BCUT2D eigenvalue weighted by atomic mass is 35.5. The zero-order valence-corrected chi connectivity index (χ0v) is 21.0. The summed E-state index contributed by atoms with van der Waals surface area (Å²) in [6, 6.07) is 25.9. The van der Waals surface area contributed by atoms with Gasteiger partial charge in [-0.25, -0.2) is 18.4 Å². The van der Waals surface area contributed by atoms with Gasteiger partial charge in [-0.15, -0.1) is 0 Å². The Morgan fingerprint density at radius 2 is 1.51 bits per heavy atom. The van der Waals surface area contributed by atoms with Crippen LogP contribution in [-0.2, 0) is 22.9 Å². The molecule has 0 saturated carbocycles. The molecule has 2 N–H and O–H groups in total. The van der Waals surface area contributed by atoms with Crippen molar-refractivity contribution in [3.63, 3.8) is 0 Å². The molecule has 0 atom stereocenters. The molecule has 1 aromatic heterocycles. The minimum atomic E-state index is -3.75. The fourth-order valence-corrected chi connectivity index (χ4v) is 5.71. The van der Waals surface area contributed by atoms with Crippen molar-refractivity contribution in [2.24, 2.45) is 0 Å². The molecule has 6 nitrogen and oxygen atoms in total. The number of halogens is 1. The van der Waals surface area contributed by atoms with Crippen molar-refractivity contribution in [3.8, 4) is 0 Å². The third kappa shape index (κ3) is 5.99. The van der Waals surface area contributed by atoms with Gasteiger partial charge in [0.2, 0.25) is 5.95 Å². The quantitative estimate of drug-likeness (QED) is 0.305. The number of hydrogen-bond donors (Lipinski definition) is 1. The van der Waals surface area contributed by atoms with Gasteiger partial charge in [0.1, 0.15) is 5.15 Å². The second-order valence-corrected chi connectivity index (χ2v) is 10.5. The first-order valence-corrected chi connectivity index (χ1v) is 13.2. The van der Waals surface area contributed by atoms with E-state index in [4.69, 9.17) is 17.3 Å². The van der Waals surface area contributed by atoms with Crippen molar-refractivity contribution >= 4 is 33.3 Å². The van der Waals surface area contributed by atoms with E-state index >= 15 is 0 Å². The van der Waals surface area contributed by atoms with Crippen LogP contribution in [0.15, 0.2) is 89.8 Å². The average Bonchev–Trinajstić information content (AvgIpc) is 2.84. The van der Waals surface area contributed by atoms with Crippen molar-refractivity contribution < 1.29 is 8.42 Å². The number of nitrogens with two attached hydrogens (primary N) is 1. The van der Waals surface area contributed by atoms with Crippen LogP contribution in [0.4, 0.5) is 11.6 Å². The lowest BCUT2D eigenvalue weighted by molar-refractivity contribution is 0.589. The maximum absolute atomic E-state index is 13.6. The molecule has 0 bridgehead atoms. The number of sulfonamides is 1. The minimum Gasteiger partial charge on any atom is -0.368 e. The van der Waals surface area contributed by atoms with Crippen molar-refractivity contribution in [1.29, 1.82) is 0 Å². The van der Waals surface area contributed by atoms with Crippen LogP contribution in [-0.4, -0.2) is 24.9 Å². The van der Waals surface area contributed by atoms with Crippen LogP contribution in [0.5, 0.6) is 0 Å². The molecule has 0 saturated heterocycles. The van der Waals surface area contributed by atoms with Crippen LogP contribution in [0.1, 0.15) is 28.8 Å². The molecule has 8 heteroatoms. The van der Waals surface area contributed by atoms with E-state index in [9.17, 15) is 8.42 Å². The van der Waals surface area contributed by atoms with Crippen LogP contribution >= 0.6 is 11.6 Å².